The number of aromatic nitrogens is 4. The number of hydrogen-bond donors (Lipinski definition) is 1. The fourth-order valence-electron chi connectivity index (χ4n) is 3.19. The van der Waals surface area contributed by atoms with Crippen LogP contribution in [0.5, 0.6) is 0 Å². The van der Waals surface area contributed by atoms with E-state index in [2.05, 4.69) is 26.4 Å². The highest BCUT2D eigenvalue weighted by molar-refractivity contribution is 6.33. The Labute approximate surface area is 163 Å². The zero-order valence-electron chi connectivity index (χ0n) is 16.2. The number of methoxy groups -OCH3 is 2. The quantitative estimate of drug-likeness (QED) is 0.662. The Bertz CT molecular complexity index is 928. The lowest BCUT2D eigenvalue weighted by Gasteiger charge is -2.15. The summed E-state index contributed by atoms with van der Waals surface area (Å²) in [6.07, 6.45) is 1.79. The average Bonchev–Trinajstić information content (AvgIpc) is 3.01. The van der Waals surface area contributed by atoms with Gasteiger partial charge in [-0.25, -0.2) is 4.98 Å². The number of rotatable bonds is 7. The molecule has 2 aromatic heterocycles. The number of ether oxygens (including phenoxy) is 2. The van der Waals surface area contributed by atoms with E-state index in [0.29, 0.717) is 30.0 Å². The summed E-state index contributed by atoms with van der Waals surface area (Å²) in [5, 5.41) is 8.46. The molecule has 0 aliphatic heterocycles. The van der Waals surface area contributed by atoms with Crippen molar-refractivity contribution in [3.63, 3.8) is 0 Å². The number of hydrogen-bond acceptors (Lipinski definition) is 6. The summed E-state index contributed by atoms with van der Waals surface area (Å²) >= 11 is 6.45. The second kappa shape index (κ2) is 8.21. The first-order chi connectivity index (χ1) is 12.9. The first kappa shape index (κ1) is 19.5. The first-order valence-corrected chi connectivity index (χ1v) is 9.06. The number of aryl methyl sites for hydroxylation is 3. The number of fused-ring (bicyclic) bond motifs is 1. The van der Waals surface area contributed by atoms with Gasteiger partial charge in [0, 0.05) is 25.7 Å². The Balaban J connectivity index is 2.08. The summed E-state index contributed by atoms with van der Waals surface area (Å²) in [5.41, 5.74) is 4.64. The Morgan fingerprint density at radius 3 is 2.44 bits per heavy atom. The van der Waals surface area contributed by atoms with Crippen LogP contribution in [0.3, 0.4) is 0 Å². The Morgan fingerprint density at radius 2 is 1.81 bits per heavy atom. The summed E-state index contributed by atoms with van der Waals surface area (Å²) in [5.74, 6) is 1.23. The molecule has 0 saturated heterocycles. The maximum absolute atomic E-state index is 6.45. The van der Waals surface area contributed by atoms with Crippen molar-refractivity contribution in [3.8, 4) is 0 Å². The van der Waals surface area contributed by atoms with Gasteiger partial charge in [-0.1, -0.05) is 17.7 Å². The van der Waals surface area contributed by atoms with Gasteiger partial charge in [-0.3, -0.25) is 0 Å². The molecule has 0 radical (unpaired) electrons. The molecule has 2 heterocycles. The van der Waals surface area contributed by atoms with Gasteiger partial charge in [-0.2, -0.15) is 14.6 Å². The molecule has 1 N–H and O–H groups in total. The number of nitrogens with zero attached hydrogens (tertiary/aromatic N) is 4. The van der Waals surface area contributed by atoms with Crippen LogP contribution in [0.4, 0.5) is 11.6 Å². The van der Waals surface area contributed by atoms with Crippen molar-refractivity contribution < 1.29 is 9.47 Å². The van der Waals surface area contributed by atoms with Gasteiger partial charge in [0.1, 0.15) is 5.82 Å². The second-order valence-electron chi connectivity index (χ2n) is 6.60. The number of anilines is 2. The van der Waals surface area contributed by atoms with E-state index in [1.54, 1.807) is 24.9 Å². The average molecular weight is 390 g/mol. The third-order valence-corrected chi connectivity index (χ3v) is 4.65. The zero-order valence-corrected chi connectivity index (χ0v) is 17.0. The van der Waals surface area contributed by atoms with E-state index in [1.165, 1.54) is 0 Å². The highest BCUT2D eigenvalue weighted by Gasteiger charge is 2.20. The third kappa shape index (κ3) is 4.05. The molecule has 3 aromatic rings. The molecule has 0 aliphatic rings. The predicted molar refractivity (Wildman–Crippen MR) is 106 cm³/mol. The first-order valence-electron chi connectivity index (χ1n) is 8.68. The van der Waals surface area contributed by atoms with Gasteiger partial charge < -0.3 is 14.8 Å². The summed E-state index contributed by atoms with van der Waals surface area (Å²) in [6.45, 7) is 6.91. The lowest BCUT2D eigenvalue weighted by Crippen LogP contribution is -2.13. The van der Waals surface area contributed by atoms with E-state index in [0.717, 1.165) is 28.0 Å². The lowest BCUT2D eigenvalue weighted by molar-refractivity contribution is 0.117. The summed E-state index contributed by atoms with van der Waals surface area (Å²) in [4.78, 5) is 9.11. The van der Waals surface area contributed by atoms with Crippen LogP contribution in [0.25, 0.3) is 5.65 Å². The molecule has 0 unspecified atom stereocenters. The molecule has 0 aliphatic carbocycles. The van der Waals surface area contributed by atoms with E-state index in [1.807, 2.05) is 26.8 Å². The summed E-state index contributed by atoms with van der Waals surface area (Å²) < 4.78 is 12.4. The van der Waals surface area contributed by atoms with Crippen LogP contribution in [0.2, 0.25) is 5.02 Å². The molecular weight excluding hydrogens is 366 g/mol. The fourth-order valence-corrected chi connectivity index (χ4v) is 3.55. The molecule has 7 nitrogen and oxygen atoms in total. The van der Waals surface area contributed by atoms with Crippen LogP contribution in [0.1, 0.15) is 28.4 Å². The predicted octanol–water partition coefficient (Wildman–Crippen LogP) is 3.82. The molecule has 27 heavy (non-hydrogen) atoms. The molecule has 3 rings (SSSR count). The normalized spacial score (nSPS) is 11.5. The van der Waals surface area contributed by atoms with Crippen LogP contribution in [-0.4, -0.2) is 47.0 Å². The molecule has 0 fully saturated rings. The third-order valence-electron chi connectivity index (χ3n) is 4.35. The van der Waals surface area contributed by atoms with Crippen LogP contribution in [0.15, 0.2) is 18.3 Å². The van der Waals surface area contributed by atoms with Gasteiger partial charge in [0.2, 0.25) is 5.95 Å². The Kier molecular flexibility index (Phi) is 5.94. The van der Waals surface area contributed by atoms with E-state index >= 15 is 0 Å². The second-order valence-corrected chi connectivity index (χ2v) is 7.01. The highest BCUT2D eigenvalue weighted by Crippen LogP contribution is 2.30. The van der Waals surface area contributed by atoms with E-state index in [4.69, 9.17) is 21.1 Å². The summed E-state index contributed by atoms with van der Waals surface area (Å²) in [6, 6.07) is 3.99. The molecule has 0 bridgehead atoms. The standard InChI is InChI=1S/C19H24ClN5O2/c1-11-6-12(2)17(16(20)7-11)24-19-23-13(3)22-18-15(8-21-25(18)19)14(9-26-4)10-27-5/h6-8,14H,9-10H2,1-5H3,(H,22,23,24). The Hall–Kier alpha value is -2.22. The zero-order chi connectivity index (χ0) is 19.6. The molecule has 0 atom stereocenters. The minimum Gasteiger partial charge on any atom is -0.384 e. The van der Waals surface area contributed by atoms with Crippen LogP contribution in [-0.2, 0) is 9.47 Å². The molecule has 0 saturated carbocycles. The highest BCUT2D eigenvalue weighted by atomic mass is 35.5. The van der Waals surface area contributed by atoms with Gasteiger partial charge in [-0.05, 0) is 38.0 Å². The molecular formula is C19H24ClN5O2. The molecule has 8 heteroatoms. The van der Waals surface area contributed by atoms with Gasteiger partial charge in [0.05, 0.1) is 30.1 Å². The van der Waals surface area contributed by atoms with E-state index < -0.39 is 0 Å². The van der Waals surface area contributed by atoms with Crippen molar-refractivity contribution in [2.45, 2.75) is 26.7 Å². The molecule has 144 valence electrons. The van der Waals surface area contributed by atoms with Crippen molar-refractivity contribution in [3.05, 3.63) is 45.9 Å². The van der Waals surface area contributed by atoms with Crippen molar-refractivity contribution in [2.24, 2.45) is 0 Å². The minimum absolute atomic E-state index is 0.0318. The largest absolute Gasteiger partial charge is 0.384 e. The van der Waals surface area contributed by atoms with Crippen molar-refractivity contribution >= 4 is 28.9 Å². The van der Waals surface area contributed by atoms with E-state index in [9.17, 15) is 0 Å². The number of benzene rings is 1. The number of halogens is 1. The van der Waals surface area contributed by atoms with Gasteiger partial charge in [-0.15, -0.1) is 0 Å². The minimum atomic E-state index is 0.0318. The van der Waals surface area contributed by atoms with E-state index in [-0.39, 0.29) is 5.92 Å². The van der Waals surface area contributed by atoms with Gasteiger partial charge in [0.25, 0.3) is 0 Å². The maximum atomic E-state index is 6.45. The molecule has 0 spiro atoms. The number of nitrogens with one attached hydrogen (secondary N) is 1. The van der Waals surface area contributed by atoms with Crippen molar-refractivity contribution in [2.75, 3.05) is 32.8 Å². The smallest absolute Gasteiger partial charge is 0.232 e. The van der Waals surface area contributed by atoms with Gasteiger partial charge >= 0.3 is 0 Å². The maximum Gasteiger partial charge on any atom is 0.232 e. The SMILES string of the molecule is COCC(COC)c1cnn2c(Nc3c(C)cc(C)cc3Cl)nc(C)nc12. The van der Waals surface area contributed by atoms with Crippen LogP contribution in [0, 0.1) is 20.8 Å². The van der Waals surface area contributed by atoms with Crippen LogP contribution >= 0.6 is 11.6 Å². The van der Waals surface area contributed by atoms with Crippen molar-refractivity contribution in [1.82, 2.24) is 19.6 Å². The van der Waals surface area contributed by atoms with Gasteiger partial charge in [0.15, 0.2) is 5.65 Å². The molecule has 0 amide bonds. The van der Waals surface area contributed by atoms with Crippen LogP contribution < -0.4 is 5.32 Å². The molecule has 1 aromatic carbocycles. The topological polar surface area (TPSA) is 73.6 Å². The monoisotopic (exact) mass is 389 g/mol. The van der Waals surface area contributed by atoms with Crippen molar-refractivity contribution in [1.29, 1.82) is 0 Å². The lowest BCUT2D eigenvalue weighted by atomic mass is 10.0. The Morgan fingerprint density at radius 1 is 1.11 bits per heavy atom. The fraction of sp³-hybridized carbons (Fsp3) is 0.421. The summed E-state index contributed by atoms with van der Waals surface area (Å²) in [7, 11) is 3.34.